The number of aromatic nitrogens is 1. The molecule has 1 unspecified atom stereocenters. The molecular weight excluding hydrogens is 462 g/mol. The fraction of sp³-hybridized carbons (Fsp3) is 0.148. The van der Waals surface area contributed by atoms with Crippen molar-refractivity contribution < 1.29 is 4.79 Å². The van der Waals surface area contributed by atoms with Gasteiger partial charge in [-0.05, 0) is 65.6 Å². The number of benzene rings is 3. The number of carbonyl (C=O) groups excluding carboxylic acids is 1. The van der Waals surface area contributed by atoms with Gasteiger partial charge in [0.1, 0.15) is 0 Å². The highest BCUT2D eigenvalue weighted by Crippen LogP contribution is 2.37. The molecule has 2 heterocycles. The van der Waals surface area contributed by atoms with Crippen LogP contribution in [0.2, 0.25) is 0 Å². The zero-order chi connectivity index (χ0) is 22.1. The summed E-state index contributed by atoms with van der Waals surface area (Å²) in [6.45, 7) is 2.67. The van der Waals surface area contributed by atoms with Crippen LogP contribution >= 0.6 is 15.9 Å². The molecule has 0 aliphatic carbocycles. The smallest absolute Gasteiger partial charge is 0.318 e. The molecule has 5 heteroatoms. The van der Waals surface area contributed by atoms with E-state index in [-0.39, 0.29) is 12.1 Å². The first-order valence-corrected chi connectivity index (χ1v) is 11.6. The second kappa shape index (κ2) is 8.67. The third-order valence-corrected chi connectivity index (χ3v) is 6.55. The molecule has 1 aliphatic heterocycles. The van der Waals surface area contributed by atoms with Crippen molar-refractivity contribution in [1.29, 1.82) is 0 Å². The monoisotopic (exact) mass is 485 g/mol. The van der Waals surface area contributed by atoms with Gasteiger partial charge in [-0.15, -0.1) is 0 Å². The Morgan fingerprint density at radius 2 is 1.72 bits per heavy atom. The lowest BCUT2D eigenvalue weighted by atomic mass is 10.00. The number of nitrogens with zero attached hydrogens (tertiary/aromatic N) is 2. The van der Waals surface area contributed by atoms with E-state index in [1.54, 1.807) is 0 Å². The number of halogens is 1. The standard InChI is InChI=1S/C27H24BrN3O/c1-2-19-9-11-20(12-10-19)26-25-8-5-17-30(25)24-7-4-3-6-21(24)18-31(26)27(32)29-23-15-13-22(28)14-16-23/h3-17,26H,2,18H2,1H3,(H,29,32). The molecule has 1 aromatic heterocycles. The Morgan fingerprint density at radius 3 is 2.47 bits per heavy atom. The van der Waals surface area contributed by atoms with Crippen LogP contribution in [0.3, 0.4) is 0 Å². The summed E-state index contributed by atoms with van der Waals surface area (Å²) >= 11 is 3.46. The van der Waals surface area contributed by atoms with E-state index in [2.05, 4.69) is 87.5 Å². The van der Waals surface area contributed by atoms with Crippen molar-refractivity contribution in [2.24, 2.45) is 0 Å². The summed E-state index contributed by atoms with van der Waals surface area (Å²) in [7, 11) is 0. The molecule has 0 radical (unpaired) electrons. The number of amides is 2. The number of urea groups is 1. The van der Waals surface area contributed by atoms with Crippen LogP contribution < -0.4 is 5.32 Å². The topological polar surface area (TPSA) is 37.3 Å². The highest BCUT2D eigenvalue weighted by molar-refractivity contribution is 9.10. The van der Waals surface area contributed by atoms with Crippen LogP contribution in [0.5, 0.6) is 0 Å². The number of anilines is 1. The predicted molar refractivity (Wildman–Crippen MR) is 132 cm³/mol. The molecule has 5 rings (SSSR count). The Kier molecular flexibility index (Phi) is 5.58. The van der Waals surface area contributed by atoms with Crippen LogP contribution in [-0.4, -0.2) is 15.5 Å². The molecule has 4 aromatic rings. The van der Waals surface area contributed by atoms with Crippen molar-refractivity contribution in [3.05, 3.63) is 118 Å². The molecule has 0 fully saturated rings. The van der Waals surface area contributed by atoms with Gasteiger partial charge in [-0.1, -0.05) is 65.3 Å². The van der Waals surface area contributed by atoms with Crippen LogP contribution in [-0.2, 0) is 13.0 Å². The number of rotatable bonds is 3. The van der Waals surface area contributed by atoms with E-state index in [9.17, 15) is 4.79 Å². The Labute approximate surface area is 196 Å². The van der Waals surface area contributed by atoms with Crippen molar-refractivity contribution in [3.63, 3.8) is 0 Å². The van der Waals surface area contributed by atoms with Gasteiger partial charge in [0.25, 0.3) is 0 Å². The van der Waals surface area contributed by atoms with Crippen LogP contribution in [0.1, 0.15) is 35.3 Å². The van der Waals surface area contributed by atoms with Crippen LogP contribution in [0.25, 0.3) is 5.69 Å². The number of fused-ring (bicyclic) bond motifs is 3. The Morgan fingerprint density at radius 1 is 0.969 bits per heavy atom. The molecule has 2 amide bonds. The minimum absolute atomic E-state index is 0.124. The van der Waals surface area contributed by atoms with Crippen molar-refractivity contribution in [2.75, 3.05) is 5.32 Å². The van der Waals surface area contributed by atoms with E-state index in [1.165, 1.54) is 5.56 Å². The van der Waals surface area contributed by atoms with Crippen molar-refractivity contribution in [2.45, 2.75) is 25.9 Å². The summed E-state index contributed by atoms with van der Waals surface area (Å²) < 4.78 is 3.19. The Bertz CT molecular complexity index is 1240. The number of nitrogens with one attached hydrogen (secondary N) is 1. The first kappa shape index (κ1) is 20.6. The first-order chi connectivity index (χ1) is 15.6. The van der Waals surface area contributed by atoms with Crippen LogP contribution in [0.4, 0.5) is 10.5 Å². The van der Waals surface area contributed by atoms with Gasteiger partial charge in [0.15, 0.2) is 0 Å². The quantitative estimate of drug-likeness (QED) is 0.335. The molecule has 1 N–H and O–H groups in total. The molecule has 160 valence electrons. The normalized spacial score (nSPS) is 14.9. The summed E-state index contributed by atoms with van der Waals surface area (Å²) in [6.07, 6.45) is 3.07. The summed E-state index contributed by atoms with van der Waals surface area (Å²) in [6, 6.07) is 28.4. The van der Waals surface area contributed by atoms with E-state index in [0.29, 0.717) is 6.54 Å². The predicted octanol–water partition coefficient (Wildman–Crippen LogP) is 6.94. The van der Waals surface area contributed by atoms with Gasteiger partial charge in [0.05, 0.1) is 18.3 Å². The van der Waals surface area contributed by atoms with Gasteiger partial charge < -0.3 is 14.8 Å². The van der Waals surface area contributed by atoms with Gasteiger partial charge in [0, 0.05) is 22.1 Å². The zero-order valence-electron chi connectivity index (χ0n) is 17.8. The summed E-state index contributed by atoms with van der Waals surface area (Å²) in [5.41, 5.74) is 6.45. The molecule has 0 bridgehead atoms. The van der Waals surface area contributed by atoms with E-state index in [1.807, 2.05) is 41.3 Å². The lowest BCUT2D eigenvalue weighted by Crippen LogP contribution is -2.37. The lowest BCUT2D eigenvalue weighted by molar-refractivity contribution is 0.194. The van der Waals surface area contributed by atoms with Gasteiger partial charge in [-0.2, -0.15) is 0 Å². The van der Waals surface area contributed by atoms with Gasteiger partial charge in [-0.25, -0.2) is 4.79 Å². The van der Waals surface area contributed by atoms with Crippen molar-refractivity contribution in [3.8, 4) is 5.69 Å². The molecule has 1 aliphatic rings. The highest BCUT2D eigenvalue weighted by atomic mass is 79.9. The number of carbonyl (C=O) groups is 1. The molecular formula is C27H24BrN3O. The second-order valence-electron chi connectivity index (χ2n) is 7.99. The van der Waals surface area contributed by atoms with Crippen LogP contribution in [0, 0.1) is 0 Å². The summed E-state index contributed by atoms with van der Waals surface area (Å²) in [5, 5.41) is 3.10. The fourth-order valence-corrected chi connectivity index (χ4v) is 4.62. The average Bonchev–Trinajstić information content (AvgIpc) is 3.25. The third-order valence-electron chi connectivity index (χ3n) is 6.02. The molecule has 0 spiro atoms. The number of hydrogen-bond donors (Lipinski definition) is 1. The van der Waals surface area contributed by atoms with Crippen LogP contribution in [0.15, 0.2) is 95.6 Å². The maximum absolute atomic E-state index is 13.6. The highest BCUT2D eigenvalue weighted by Gasteiger charge is 2.32. The number of aryl methyl sites for hydroxylation is 1. The van der Waals surface area contributed by atoms with E-state index < -0.39 is 0 Å². The molecule has 4 nitrogen and oxygen atoms in total. The van der Waals surface area contributed by atoms with Gasteiger partial charge in [-0.3, -0.25) is 0 Å². The van der Waals surface area contributed by atoms with E-state index in [4.69, 9.17) is 0 Å². The molecule has 0 saturated carbocycles. The fourth-order valence-electron chi connectivity index (χ4n) is 4.35. The molecule has 1 atom stereocenters. The average molecular weight is 486 g/mol. The van der Waals surface area contributed by atoms with Gasteiger partial charge in [0.2, 0.25) is 0 Å². The Hall–Kier alpha value is -3.31. The SMILES string of the molecule is CCc1ccc(C2c3cccn3-c3ccccc3CN2C(=O)Nc2ccc(Br)cc2)cc1. The summed E-state index contributed by atoms with van der Waals surface area (Å²) in [5.74, 6) is 0. The largest absolute Gasteiger partial charge is 0.322 e. The first-order valence-electron chi connectivity index (χ1n) is 10.8. The second-order valence-corrected chi connectivity index (χ2v) is 8.91. The minimum atomic E-state index is -0.209. The molecule has 0 saturated heterocycles. The number of para-hydroxylation sites is 1. The van der Waals surface area contributed by atoms with Crippen molar-refractivity contribution >= 4 is 27.6 Å². The molecule has 3 aromatic carbocycles. The maximum Gasteiger partial charge on any atom is 0.322 e. The maximum atomic E-state index is 13.6. The molecule has 32 heavy (non-hydrogen) atoms. The minimum Gasteiger partial charge on any atom is -0.318 e. The van der Waals surface area contributed by atoms with Gasteiger partial charge >= 0.3 is 6.03 Å². The Balaban J connectivity index is 1.61. The van der Waals surface area contributed by atoms with E-state index in [0.717, 1.165) is 39.1 Å². The number of hydrogen-bond acceptors (Lipinski definition) is 1. The third kappa shape index (κ3) is 3.84. The van der Waals surface area contributed by atoms with E-state index >= 15 is 0 Å². The van der Waals surface area contributed by atoms with Crippen molar-refractivity contribution in [1.82, 2.24) is 9.47 Å². The summed E-state index contributed by atoms with van der Waals surface area (Å²) in [4.78, 5) is 15.6. The lowest BCUT2D eigenvalue weighted by Gasteiger charge is -2.31. The zero-order valence-corrected chi connectivity index (χ0v) is 19.4.